The van der Waals surface area contributed by atoms with Gasteiger partial charge in [0.15, 0.2) is 0 Å². The van der Waals surface area contributed by atoms with Gasteiger partial charge in [0.1, 0.15) is 5.60 Å². The molecule has 1 N–H and O–H groups in total. The minimum Gasteiger partial charge on any atom is -0.444 e. The number of benzene rings is 2. The van der Waals surface area contributed by atoms with Gasteiger partial charge in [0, 0.05) is 6.04 Å². The first-order chi connectivity index (χ1) is 12.8. The van der Waals surface area contributed by atoms with E-state index in [1.165, 1.54) is 11.1 Å². The summed E-state index contributed by atoms with van der Waals surface area (Å²) in [6.07, 6.45) is 3.58. The molecule has 0 saturated carbocycles. The number of rotatable bonds is 8. The third kappa shape index (κ3) is 8.76. The minimum atomic E-state index is -0.486. The Bertz CT molecular complexity index is 677. The Morgan fingerprint density at radius 3 is 2.07 bits per heavy atom. The number of aryl methyl sites for hydroxylation is 1. The van der Waals surface area contributed by atoms with E-state index in [1.807, 2.05) is 45.0 Å². The SMILES string of the molecule is C[C@@H](CCc1ccccc1)C[C@H](Cc1ccccc1)NC(=O)OC(C)(C)C. The summed E-state index contributed by atoms with van der Waals surface area (Å²) in [6, 6.07) is 20.9. The van der Waals surface area contributed by atoms with Crippen molar-refractivity contribution in [1.29, 1.82) is 0 Å². The highest BCUT2D eigenvalue weighted by Crippen LogP contribution is 2.18. The number of alkyl carbamates (subject to hydrolysis) is 1. The molecule has 0 spiro atoms. The monoisotopic (exact) mass is 367 g/mol. The van der Waals surface area contributed by atoms with Crippen LogP contribution in [0.4, 0.5) is 4.79 Å². The van der Waals surface area contributed by atoms with Crippen LogP contribution < -0.4 is 5.32 Å². The molecule has 0 aliphatic heterocycles. The Hall–Kier alpha value is -2.29. The van der Waals surface area contributed by atoms with Crippen LogP contribution in [0.25, 0.3) is 0 Å². The van der Waals surface area contributed by atoms with Crippen LogP contribution in [0.15, 0.2) is 60.7 Å². The highest BCUT2D eigenvalue weighted by molar-refractivity contribution is 5.68. The summed E-state index contributed by atoms with van der Waals surface area (Å²) in [5.74, 6) is 0.508. The molecule has 146 valence electrons. The molecule has 2 atom stereocenters. The molecule has 0 saturated heterocycles. The zero-order chi connectivity index (χ0) is 19.7. The number of nitrogens with one attached hydrogen (secondary N) is 1. The van der Waals surface area contributed by atoms with E-state index in [-0.39, 0.29) is 12.1 Å². The highest BCUT2D eigenvalue weighted by atomic mass is 16.6. The van der Waals surface area contributed by atoms with Gasteiger partial charge >= 0.3 is 6.09 Å². The zero-order valence-corrected chi connectivity index (χ0v) is 17.1. The van der Waals surface area contributed by atoms with Gasteiger partial charge in [0.25, 0.3) is 0 Å². The fourth-order valence-electron chi connectivity index (χ4n) is 3.23. The van der Waals surface area contributed by atoms with Crippen LogP contribution in [0.2, 0.25) is 0 Å². The summed E-state index contributed by atoms with van der Waals surface area (Å²) in [5, 5.41) is 3.09. The predicted molar refractivity (Wildman–Crippen MR) is 112 cm³/mol. The van der Waals surface area contributed by atoms with Crippen LogP contribution in [-0.2, 0) is 17.6 Å². The second kappa shape index (κ2) is 10.1. The second-order valence-electron chi connectivity index (χ2n) is 8.40. The Balaban J connectivity index is 1.94. The molecule has 0 aliphatic rings. The van der Waals surface area contributed by atoms with Crippen molar-refractivity contribution in [3.05, 3.63) is 71.8 Å². The Morgan fingerprint density at radius 2 is 1.52 bits per heavy atom. The van der Waals surface area contributed by atoms with Gasteiger partial charge in [-0.1, -0.05) is 67.6 Å². The van der Waals surface area contributed by atoms with Crippen molar-refractivity contribution < 1.29 is 9.53 Å². The van der Waals surface area contributed by atoms with Crippen LogP contribution in [0.5, 0.6) is 0 Å². The van der Waals surface area contributed by atoms with Crippen molar-refractivity contribution in [2.75, 3.05) is 0 Å². The third-order valence-corrected chi connectivity index (χ3v) is 4.50. The van der Waals surface area contributed by atoms with E-state index in [1.54, 1.807) is 0 Å². The number of hydrogen-bond donors (Lipinski definition) is 1. The topological polar surface area (TPSA) is 38.3 Å². The van der Waals surface area contributed by atoms with Gasteiger partial charge in [-0.2, -0.15) is 0 Å². The fraction of sp³-hybridized carbons (Fsp3) is 0.458. The maximum Gasteiger partial charge on any atom is 0.407 e. The van der Waals surface area contributed by atoms with Gasteiger partial charge in [-0.15, -0.1) is 0 Å². The summed E-state index contributed by atoms with van der Waals surface area (Å²) >= 11 is 0. The molecule has 3 nitrogen and oxygen atoms in total. The molecule has 1 amide bonds. The molecule has 3 heteroatoms. The van der Waals surface area contributed by atoms with Crippen LogP contribution >= 0.6 is 0 Å². The van der Waals surface area contributed by atoms with E-state index in [9.17, 15) is 4.79 Å². The summed E-state index contributed by atoms with van der Waals surface area (Å²) in [4.78, 5) is 12.3. The Morgan fingerprint density at radius 1 is 0.963 bits per heavy atom. The van der Waals surface area contributed by atoms with Crippen LogP contribution in [0.1, 0.15) is 51.7 Å². The van der Waals surface area contributed by atoms with Crippen molar-refractivity contribution in [1.82, 2.24) is 5.32 Å². The first kappa shape index (κ1) is 21.0. The van der Waals surface area contributed by atoms with Crippen molar-refractivity contribution in [3.63, 3.8) is 0 Å². The van der Waals surface area contributed by atoms with Crippen molar-refractivity contribution in [2.45, 2.75) is 65.0 Å². The number of hydrogen-bond acceptors (Lipinski definition) is 2. The van der Waals surface area contributed by atoms with Crippen molar-refractivity contribution in [2.24, 2.45) is 5.92 Å². The molecule has 2 rings (SSSR count). The van der Waals surface area contributed by atoms with Crippen molar-refractivity contribution >= 4 is 6.09 Å². The summed E-state index contributed by atoms with van der Waals surface area (Å²) < 4.78 is 5.47. The van der Waals surface area contributed by atoms with Gasteiger partial charge in [-0.3, -0.25) is 0 Å². The Kier molecular flexibility index (Phi) is 7.90. The lowest BCUT2D eigenvalue weighted by atomic mass is 9.92. The van der Waals surface area contributed by atoms with Gasteiger partial charge in [-0.05, 0) is 63.5 Å². The molecule has 0 unspecified atom stereocenters. The van der Waals surface area contributed by atoms with E-state index < -0.39 is 5.60 Å². The molecular weight excluding hydrogens is 334 g/mol. The highest BCUT2D eigenvalue weighted by Gasteiger charge is 2.21. The molecule has 0 radical (unpaired) electrons. The van der Waals surface area contributed by atoms with E-state index in [0.717, 1.165) is 25.7 Å². The smallest absolute Gasteiger partial charge is 0.407 e. The molecule has 2 aromatic carbocycles. The maximum atomic E-state index is 12.3. The lowest BCUT2D eigenvalue weighted by Gasteiger charge is -2.25. The Labute approximate surface area is 164 Å². The molecule has 0 aromatic heterocycles. The summed E-state index contributed by atoms with van der Waals surface area (Å²) in [5.41, 5.74) is 2.11. The van der Waals surface area contributed by atoms with E-state index in [4.69, 9.17) is 4.74 Å². The lowest BCUT2D eigenvalue weighted by Crippen LogP contribution is -2.41. The molecule has 0 aliphatic carbocycles. The second-order valence-corrected chi connectivity index (χ2v) is 8.40. The van der Waals surface area contributed by atoms with Crippen LogP contribution in [-0.4, -0.2) is 17.7 Å². The predicted octanol–water partition coefficient (Wildman–Crippen LogP) is 5.78. The molecule has 2 aromatic rings. The van der Waals surface area contributed by atoms with Crippen molar-refractivity contribution in [3.8, 4) is 0 Å². The summed E-state index contributed by atoms with van der Waals surface area (Å²) in [7, 11) is 0. The zero-order valence-electron chi connectivity index (χ0n) is 17.1. The molecular formula is C24H33NO2. The largest absolute Gasteiger partial charge is 0.444 e. The maximum absolute atomic E-state index is 12.3. The molecule has 0 fully saturated rings. The van der Waals surface area contributed by atoms with Gasteiger partial charge in [0.05, 0.1) is 0 Å². The van der Waals surface area contributed by atoms with Crippen LogP contribution in [0.3, 0.4) is 0 Å². The summed E-state index contributed by atoms with van der Waals surface area (Å²) in [6.45, 7) is 7.93. The van der Waals surface area contributed by atoms with E-state index >= 15 is 0 Å². The normalized spacial score (nSPS) is 13.6. The third-order valence-electron chi connectivity index (χ3n) is 4.50. The standard InChI is InChI=1S/C24H33NO2/c1-19(15-16-20-11-7-5-8-12-20)17-22(18-21-13-9-6-10-14-21)25-23(26)27-24(2,3)4/h5-14,19,22H,15-18H2,1-4H3,(H,25,26)/t19-,22+/m0/s1. The number of carbonyl (C=O) groups is 1. The number of amides is 1. The van der Waals surface area contributed by atoms with E-state index in [0.29, 0.717) is 5.92 Å². The van der Waals surface area contributed by atoms with Gasteiger partial charge in [0.2, 0.25) is 0 Å². The number of carbonyl (C=O) groups excluding carboxylic acids is 1. The molecule has 27 heavy (non-hydrogen) atoms. The molecule has 0 heterocycles. The number of ether oxygens (including phenoxy) is 1. The average Bonchev–Trinajstić information content (AvgIpc) is 2.60. The first-order valence-corrected chi connectivity index (χ1v) is 9.89. The molecule has 0 bridgehead atoms. The van der Waals surface area contributed by atoms with Gasteiger partial charge < -0.3 is 10.1 Å². The first-order valence-electron chi connectivity index (χ1n) is 9.89. The lowest BCUT2D eigenvalue weighted by molar-refractivity contribution is 0.0497. The van der Waals surface area contributed by atoms with Gasteiger partial charge in [-0.25, -0.2) is 4.79 Å². The average molecular weight is 368 g/mol. The van der Waals surface area contributed by atoms with E-state index in [2.05, 4.69) is 48.6 Å². The van der Waals surface area contributed by atoms with Crippen LogP contribution in [0, 0.1) is 5.92 Å². The fourth-order valence-corrected chi connectivity index (χ4v) is 3.23. The quantitative estimate of drug-likeness (QED) is 0.642. The minimum absolute atomic E-state index is 0.0630.